The number of halogens is 1. The fourth-order valence-electron chi connectivity index (χ4n) is 1.52. The monoisotopic (exact) mass is 345 g/mol. The molecule has 0 saturated carbocycles. The summed E-state index contributed by atoms with van der Waals surface area (Å²) < 4.78 is 15.7. The number of para-hydroxylation sites is 2. The molecule has 0 bridgehead atoms. The van der Waals surface area contributed by atoms with Gasteiger partial charge in [-0.3, -0.25) is 4.79 Å². The van der Waals surface area contributed by atoms with E-state index in [1.54, 1.807) is 0 Å². The molecule has 0 radical (unpaired) electrons. The molecule has 0 spiro atoms. The summed E-state index contributed by atoms with van der Waals surface area (Å²) in [6.45, 7) is 4.14. The van der Waals surface area contributed by atoms with Crippen LogP contribution in [0.3, 0.4) is 0 Å². The second-order valence-corrected chi connectivity index (χ2v) is 5.03. The van der Waals surface area contributed by atoms with Crippen molar-refractivity contribution in [1.82, 2.24) is 5.32 Å². The van der Waals surface area contributed by atoms with Gasteiger partial charge in [0.25, 0.3) is 0 Å². The second kappa shape index (κ2) is 9.61. The van der Waals surface area contributed by atoms with Crippen LogP contribution < -0.4 is 14.8 Å². The second-order valence-electron chi connectivity index (χ2n) is 3.92. The number of alkyl halides is 1. The van der Waals surface area contributed by atoms with E-state index in [9.17, 15) is 4.79 Å². The Morgan fingerprint density at radius 2 is 1.95 bits per heavy atom. The Morgan fingerprint density at radius 3 is 2.55 bits per heavy atom. The summed E-state index contributed by atoms with van der Waals surface area (Å²) in [7, 11) is 1.37. The highest BCUT2D eigenvalue weighted by molar-refractivity contribution is 9.10. The van der Waals surface area contributed by atoms with Gasteiger partial charge >= 0.3 is 5.97 Å². The Morgan fingerprint density at radius 1 is 1.30 bits per heavy atom. The normalized spacial score (nSPS) is 11.8. The summed E-state index contributed by atoms with van der Waals surface area (Å²) in [6, 6.07) is 7.55. The van der Waals surface area contributed by atoms with E-state index in [0.29, 0.717) is 26.3 Å². The van der Waals surface area contributed by atoms with Crippen LogP contribution in [0.4, 0.5) is 0 Å². The summed E-state index contributed by atoms with van der Waals surface area (Å²) in [5.74, 6) is 1.17. The predicted molar refractivity (Wildman–Crippen MR) is 80.7 cm³/mol. The highest BCUT2D eigenvalue weighted by Gasteiger charge is 2.13. The number of ether oxygens (including phenoxy) is 3. The maximum Gasteiger partial charge on any atom is 0.320 e. The van der Waals surface area contributed by atoms with Crippen molar-refractivity contribution >= 4 is 21.9 Å². The number of rotatable bonds is 9. The molecule has 1 aromatic rings. The van der Waals surface area contributed by atoms with Gasteiger partial charge in [0.1, 0.15) is 11.4 Å². The molecule has 1 atom stereocenters. The van der Waals surface area contributed by atoms with Gasteiger partial charge in [0, 0.05) is 13.1 Å². The van der Waals surface area contributed by atoms with E-state index in [4.69, 9.17) is 9.47 Å². The van der Waals surface area contributed by atoms with Crippen LogP contribution in [0.15, 0.2) is 24.3 Å². The number of carbonyl (C=O) groups excluding carboxylic acids is 1. The van der Waals surface area contributed by atoms with Gasteiger partial charge in [-0.1, -0.05) is 28.1 Å². The zero-order valence-electron chi connectivity index (χ0n) is 11.7. The molecule has 0 fully saturated rings. The van der Waals surface area contributed by atoms with E-state index in [2.05, 4.69) is 26.0 Å². The smallest absolute Gasteiger partial charge is 0.320 e. The first kappa shape index (κ1) is 16.8. The highest BCUT2D eigenvalue weighted by atomic mass is 79.9. The molecular weight excluding hydrogens is 326 g/mol. The Kier molecular flexibility index (Phi) is 8.06. The molecule has 0 heterocycles. The van der Waals surface area contributed by atoms with Gasteiger partial charge in [0.15, 0.2) is 11.5 Å². The van der Waals surface area contributed by atoms with Crippen LogP contribution >= 0.6 is 15.9 Å². The molecule has 0 saturated heterocycles. The lowest BCUT2D eigenvalue weighted by Gasteiger charge is -2.12. The molecule has 0 amide bonds. The van der Waals surface area contributed by atoms with Crippen molar-refractivity contribution in [3.05, 3.63) is 24.3 Å². The van der Waals surface area contributed by atoms with Gasteiger partial charge in [-0.25, -0.2) is 0 Å². The first-order chi connectivity index (χ1) is 9.69. The molecule has 112 valence electrons. The Labute approximate surface area is 127 Å². The van der Waals surface area contributed by atoms with Gasteiger partial charge in [0.2, 0.25) is 0 Å². The minimum Gasteiger partial charge on any atom is -0.490 e. The zero-order valence-corrected chi connectivity index (χ0v) is 13.3. The SMILES string of the molecule is CCOc1ccccc1OCCNCC(Br)C(=O)OC. The fourth-order valence-corrected chi connectivity index (χ4v) is 1.93. The van der Waals surface area contributed by atoms with E-state index in [1.807, 2.05) is 31.2 Å². The number of nitrogens with one attached hydrogen (secondary N) is 1. The minimum atomic E-state index is -0.344. The number of hydrogen-bond acceptors (Lipinski definition) is 5. The number of esters is 1. The van der Waals surface area contributed by atoms with Gasteiger partial charge in [0.05, 0.1) is 13.7 Å². The van der Waals surface area contributed by atoms with E-state index < -0.39 is 0 Å². The molecule has 0 aliphatic carbocycles. The van der Waals surface area contributed by atoms with Crippen molar-refractivity contribution in [1.29, 1.82) is 0 Å². The summed E-state index contributed by atoms with van der Waals surface area (Å²) in [5.41, 5.74) is 0. The number of methoxy groups -OCH3 is 1. The molecule has 0 aromatic heterocycles. The van der Waals surface area contributed by atoms with Crippen LogP contribution in [0.25, 0.3) is 0 Å². The quantitative estimate of drug-likeness (QED) is 0.421. The highest BCUT2D eigenvalue weighted by Crippen LogP contribution is 2.25. The predicted octanol–water partition coefficient (Wildman–Crippen LogP) is 1.99. The number of hydrogen-bond donors (Lipinski definition) is 1. The zero-order chi connectivity index (χ0) is 14.8. The number of benzene rings is 1. The van der Waals surface area contributed by atoms with Crippen LogP contribution in [0.1, 0.15) is 6.92 Å². The summed E-state index contributed by atoms with van der Waals surface area (Å²) in [6.07, 6.45) is 0. The van der Waals surface area contributed by atoms with Crippen molar-refractivity contribution < 1.29 is 19.0 Å². The van der Waals surface area contributed by atoms with E-state index in [-0.39, 0.29) is 10.8 Å². The first-order valence-corrected chi connectivity index (χ1v) is 7.37. The summed E-state index contributed by atoms with van der Waals surface area (Å²) in [4.78, 5) is 10.8. The van der Waals surface area contributed by atoms with Crippen LogP contribution in [0.5, 0.6) is 11.5 Å². The molecule has 1 aromatic carbocycles. The van der Waals surface area contributed by atoms with Crippen molar-refractivity contribution in [3.8, 4) is 11.5 Å². The van der Waals surface area contributed by atoms with E-state index >= 15 is 0 Å². The van der Waals surface area contributed by atoms with Crippen LogP contribution in [-0.4, -0.2) is 44.2 Å². The molecule has 5 nitrogen and oxygen atoms in total. The van der Waals surface area contributed by atoms with Gasteiger partial charge in [-0.05, 0) is 19.1 Å². The van der Waals surface area contributed by atoms with Crippen molar-refractivity contribution in [2.24, 2.45) is 0 Å². The molecule has 0 aliphatic heterocycles. The maximum atomic E-state index is 11.2. The summed E-state index contributed by atoms with van der Waals surface area (Å²) >= 11 is 3.23. The maximum absolute atomic E-state index is 11.2. The molecular formula is C14H20BrNO4. The molecule has 1 rings (SSSR count). The van der Waals surface area contributed by atoms with Crippen molar-refractivity contribution in [3.63, 3.8) is 0 Å². The van der Waals surface area contributed by atoms with Crippen LogP contribution in [0.2, 0.25) is 0 Å². The lowest BCUT2D eigenvalue weighted by atomic mass is 10.3. The molecule has 0 aliphatic rings. The first-order valence-electron chi connectivity index (χ1n) is 6.46. The average molecular weight is 346 g/mol. The molecule has 1 N–H and O–H groups in total. The molecule has 20 heavy (non-hydrogen) atoms. The summed E-state index contributed by atoms with van der Waals surface area (Å²) in [5, 5.41) is 3.11. The third-order valence-electron chi connectivity index (χ3n) is 2.47. The largest absolute Gasteiger partial charge is 0.490 e. The van der Waals surface area contributed by atoms with Gasteiger partial charge in [-0.2, -0.15) is 0 Å². The lowest BCUT2D eigenvalue weighted by Crippen LogP contribution is -2.32. The Hall–Kier alpha value is -1.27. The number of carbonyl (C=O) groups is 1. The standard InChI is InChI=1S/C14H20BrNO4/c1-3-19-12-6-4-5-7-13(12)20-9-8-16-10-11(15)14(17)18-2/h4-7,11,16H,3,8-10H2,1-2H3. The average Bonchev–Trinajstić information content (AvgIpc) is 2.47. The lowest BCUT2D eigenvalue weighted by molar-refractivity contribution is -0.139. The topological polar surface area (TPSA) is 56.8 Å². The molecule has 6 heteroatoms. The van der Waals surface area contributed by atoms with Crippen LogP contribution in [0, 0.1) is 0 Å². The van der Waals surface area contributed by atoms with Crippen molar-refractivity contribution in [2.75, 3.05) is 33.4 Å². The fraction of sp³-hybridized carbons (Fsp3) is 0.500. The third kappa shape index (κ3) is 5.79. The Balaban J connectivity index is 2.26. The van der Waals surface area contributed by atoms with Gasteiger partial charge in [-0.15, -0.1) is 0 Å². The van der Waals surface area contributed by atoms with Crippen molar-refractivity contribution in [2.45, 2.75) is 11.8 Å². The molecule has 1 unspecified atom stereocenters. The minimum absolute atomic E-state index is 0.292. The third-order valence-corrected chi connectivity index (χ3v) is 3.16. The Bertz CT molecular complexity index is 414. The van der Waals surface area contributed by atoms with E-state index in [1.165, 1.54) is 7.11 Å². The van der Waals surface area contributed by atoms with E-state index in [0.717, 1.165) is 11.5 Å². The van der Waals surface area contributed by atoms with Crippen LogP contribution in [-0.2, 0) is 9.53 Å². The van der Waals surface area contributed by atoms with Gasteiger partial charge < -0.3 is 19.5 Å².